The molecule has 1 atom stereocenters. The first-order valence-electron chi connectivity index (χ1n) is 7.61. The second kappa shape index (κ2) is 8.82. The molecule has 2 N–H and O–H groups in total. The highest BCUT2D eigenvalue weighted by Gasteiger charge is 2.15. The van der Waals surface area contributed by atoms with Crippen LogP contribution in [-0.2, 0) is 17.9 Å². The highest BCUT2D eigenvalue weighted by atomic mass is 79.9. The fraction of sp³-hybridized carbons (Fsp3) is 0.278. The number of rotatable bonds is 8. The molecule has 0 radical (unpaired) electrons. The summed E-state index contributed by atoms with van der Waals surface area (Å²) in [6, 6.07) is 9.29. The topological polar surface area (TPSA) is 67.8 Å². The van der Waals surface area contributed by atoms with Crippen LogP contribution in [0.25, 0.3) is 0 Å². The van der Waals surface area contributed by atoms with Gasteiger partial charge in [-0.05, 0) is 46.6 Å². The average molecular weight is 412 g/mol. The van der Waals surface area contributed by atoms with Crippen molar-refractivity contribution >= 4 is 21.9 Å². The molecular weight excluding hydrogens is 393 g/mol. The van der Waals surface area contributed by atoms with Crippen LogP contribution in [0.4, 0.5) is 4.39 Å². The van der Waals surface area contributed by atoms with E-state index in [0.29, 0.717) is 28.1 Å². The smallest absolute Gasteiger partial charge is 0.320 e. The highest BCUT2D eigenvalue weighted by molar-refractivity contribution is 9.10. The van der Waals surface area contributed by atoms with Crippen LogP contribution in [0.2, 0.25) is 0 Å². The van der Waals surface area contributed by atoms with E-state index in [0.717, 1.165) is 5.56 Å². The van der Waals surface area contributed by atoms with Gasteiger partial charge in [-0.1, -0.05) is 18.2 Å². The van der Waals surface area contributed by atoms with Crippen LogP contribution in [0.3, 0.4) is 0 Å². The van der Waals surface area contributed by atoms with E-state index in [2.05, 4.69) is 21.2 Å². The van der Waals surface area contributed by atoms with Crippen molar-refractivity contribution in [3.05, 3.63) is 57.8 Å². The molecule has 25 heavy (non-hydrogen) atoms. The van der Waals surface area contributed by atoms with Gasteiger partial charge in [0.1, 0.15) is 18.5 Å². The van der Waals surface area contributed by atoms with Crippen LogP contribution < -0.4 is 14.8 Å². The SMILES string of the molecule is COc1cc(CNC(C)C(=O)O)cc(Br)c1OCc1ccccc1F. The van der Waals surface area contributed by atoms with Crippen molar-refractivity contribution in [2.24, 2.45) is 0 Å². The van der Waals surface area contributed by atoms with Crippen LogP contribution in [0.15, 0.2) is 40.9 Å². The fourth-order valence-corrected chi connectivity index (χ4v) is 2.74. The maximum Gasteiger partial charge on any atom is 0.320 e. The number of nitrogens with one attached hydrogen (secondary N) is 1. The number of methoxy groups -OCH3 is 1. The molecule has 2 rings (SSSR count). The van der Waals surface area contributed by atoms with E-state index in [9.17, 15) is 9.18 Å². The Labute approximate surface area is 153 Å². The van der Waals surface area contributed by atoms with Crippen molar-refractivity contribution in [3.63, 3.8) is 0 Å². The van der Waals surface area contributed by atoms with E-state index >= 15 is 0 Å². The quantitative estimate of drug-likeness (QED) is 0.692. The Morgan fingerprint density at radius 1 is 1.36 bits per heavy atom. The molecule has 0 aliphatic carbocycles. The van der Waals surface area contributed by atoms with Gasteiger partial charge in [0, 0.05) is 12.1 Å². The summed E-state index contributed by atoms with van der Waals surface area (Å²) in [7, 11) is 1.51. The van der Waals surface area contributed by atoms with Crippen molar-refractivity contribution in [1.29, 1.82) is 0 Å². The predicted molar refractivity (Wildman–Crippen MR) is 95.4 cm³/mol. The van der Waals surface area contributed by atoms with E-state index < -0.39 is 12.0 Å². The molecule has 0 saturated carbocycles. The van der Waals surface area contributed by atoms with Gasteiger partial charge in [0.2, 0.25) is 0 Å². The second-order valence-corrected chi connectivity index (χ2v) is 6.28. The molecule has 1 unspecified atom stereocenters. The van der Waals surface area contributed by atoms with Gasteiger partial charge in [0.15, 0.2) is 11.5 Å². The molecular formula is C18H19BrFNO4. The lowest BCUT2D eigenvalue weighted by Crippen LogP contribution is -2.33. The van der Waals surface area contributed by atoms with Crippen molar-refractivity contribution in [1.82, 2.24) is 5.32 Å². The summed E-state index contributed by atoms with van der Waals surface area (Å²) < 4.78 is 25.4. The Hall–Kier alpha value is -2.12. The van der Waals surface area contributed by atoms with E-state index in [1.807, 2.05) is 0 Å². The zero-order valence-electron chi connectivity index (χ0n) is 13.9. The Kier molecular flexibility index (Phi) is 6.78. The third-order valence-electron chi connectivity index (χ3n) is 3.60. The molecule has 0 aliphatic heterocycles. The van der Waals surface area contributed by atoms with Crippen LogP contribution in [0, 0.1) is 5.82 Å². The Balaban J connectivity index is 2.13. The Bertz CT molecular complexity index is 754. The number of hydrogen-bond acceptors (Lipinski definition) is 4. The lowest BCUT2D eigenvalue weighted by Gasteiger charge is -2.16. The van der Waals surface area contributed by atoms with Crippen LogP contribution in [-0.4, -0.2) is 24.2 Å². The summed E-state index contributed by atoms with van der Waals surface area (Å²) in [5.41, 5.74) is 1.27. The Morgan fingerprint density at radius 3 is 2.72 bits per heavy atom. The first-order valence-corrected chi connectivity index (χ1v) is 8.40. The zero-order valence-corrected chi connectivity index (χ0v) is 15.5. The van der Waals surface area contributed by atoms with Crippen molar-refractivity contribution in [2.45, 2.75) is 26.1 Å². The number of ether oxygens (including phenoxy) is 2. The standard InChI is InChI=1S/C18H19BrFNO4/c1-11(18(22)23)21-9-12-7-14(19)17(16(8-12)24-2)25-10-13-5-3-4-6-15(13)20/h3-8,11,21H,9-10H2,1-2H3,(H,22,23). The minimum atomic E-state index is -0.920. The number of halogens is 2. The van der Waals surface area contributed by atoms with Crippen molar-refractivity contribution in [3.8, 4) is 11.5 Å². The molecule has 2 aromatic rings. The van der Waals surface area contributed by atoms with Gasteiger partial charge in [0.25, 0.3) is 0 Å². The normalized spacial score (nSPS) is 11.8. The summed E-state index contributed by atoms with van der Waals surface area (Å²) in [5.74, 6) is -0.316. The van der Waals surface area contributed by atoms with Gasteiger partial charge >= 0.3 is 5.97 Å². The van der Waals surface area contributed by atoms with Gasteiger partial charge in [-0.2, -0.15) is 0 Å². The third kappa shape index (κ3) is 5.17. The molecule has 0 bridgehead atoms. The number of carbonyl (C=O) groups is 1. The molecule has 0 amide bonds. The number of benzene rings is 2. The lowest BCUT2D eigenvalue weighted by atomic mass is 10.2. The van der Waals surface area contributed by atoms with Crippen LogP contribution in [0.5, 0.6) is 11.5 Å². The first kappa shape index (κ1) is 19.2. The lowest BCUT2D eigenvalue weighted by molar-refractivity contribution is -0.139. The molecule has 0 saturated heterocycles. The van der Waals surface area contributed by atoms with Crippen LogP contribution >= 0.6 is 15.9 Å². The maximum absolute atomic E-state index is 13.7. The van der Waals surface area contributed by atoms with E-state index in [1.165, 1.54) is 13.2 Å². The number of carboxylic acids is 1. The second-order valence-electron chi connectivity index (χ2n) is 5.43. The summed E-state index contributed by atoms with van der Waals surface area (Å²) in [4.78, 5) is 10.9. The van der Waals surface area contributed by atoms with Gasteiger partial charge in [-0.3, -0.25) is 4.79 Å². The molecule has 0 fully saturated rings. The highest BCUT2D eigenvalue weighted by Crippen LogP contribution is 2.37. The molecule has 0 aromatic heterocycles. The van der Waals surface area contributed by atoms with E-state index in [4.69, 9.17) is 14.6 Å². The average Bonchev–Trinajstić information content (AvgIpc) is 2.59. The van der Waals surface area contributed by atoms with Gasteiger partial charge in [-0.25, -0.2) is 4.39 Å². The molecule has 0 heterocycles. The molecule has 0 spiro atoms. The van der Waals surface area contributed by atoms with Gasteiger partial charge in [-0.15, -0.1) is 0 Å². The summed E-state index contributed by atoms with van der Waals surface area (Å²) in [6.07, 6.45) is 0. The number of hydrogen-bond donors (Lipinski definition) is 2. The van der Waals surface area contributed by atoms with Crippen LogP contribution in [0.1, 0.15) is 18.1 Å². The van der Waals surface area contributed by atoms with Crippen molar-refractivity contribution < 1.29 is 23.8 Å². The number of carboxylic acid groups (broad SMARTS) is 1. The monoisotopic (exact) mass is 411 g/mol. The maximum atomic E-state index is 13.7. The minimum absolute atomic E-state index is 0.0648. The minimum Gasteiger partial charge on any atom is -0.493 e. The molecule has 7 heteroatoms. The summed E-state index contributed by atoms with van der Waals surface area (Å²) in [6.45, 7) is 1.99. The molecule has 134 valence electrons. The largest absolute Gasteiger partial charge is 0.493 e. The van der Waals surface area contributed by atoms with E-state index in [1.54, 1.807) is 37.3 Å². The van der Waals surface area contributed by atoms with E-state index in [-0.39, 0.29) is 12.4 Å². The zero-order chi connectivity index (χ0) is 18.4. The summed E-state index contributed by atoms with van der Waals surface area (Å²) >= 11 is 3.42. The third-order valence-corrected chi connectivity index (χ3v) is 4.19. The van der Waals surface area contributed by atoms with Gasteiger partial charge < -0.3 is 19.9 Å². The first-order chi connectivity index (χ1) is 11.9. The van der Waals surface area contributed by atoms with Gasteiger partial charge in [0.05, 0.1) is 11.6 Å². The molecule has 2 aromatic carbocycles. The Morgan fingerprint density at radius 2 is 2.08 bits per heavy atom. The number of aliphatic carboxylic acids is 1. The predicted octanol–water partition coefficient (Wildman–Crippen LogP) is 3.74. The summed E-state index contributed by atoms with van der Waals surface area (Å²) in [5, 5.41) is 11.8. The molecule has 0 aliphatic rings. The van der Waals surface area contributed by atoms with Crippen molar-refractivity contribution in [2.75, 3.05) is 7.11 Å². The molecule has 5 nitrogen and oxygen atoms in total. The fourth-order valence-electron chi connectivity index (χ4n) is 2.14.